The van der Waals surface area contributed by atoms with Crippen LogP contribution in [-0.2, 0) is 9.53 Å². The predicted octanol–water partition coefficient (Wildman–Crippen LogP) is 2.96. The molecule has 0 unspecified atom stereocenters. The number of alkyl halides is 1. The quantitative estimate of drug-likeness (QED) is 0.492. The number of nitrogens with one attached hydrogen (secondary N) is 1. The van der Waals surface area contributed by atoms with Gasteiger partial charge in [0.15, 0.2) is 0 Å². The molecule has 1 saturated heterocycles. The van der Waals surface area contributed by atoms with Gasteiger partial charge in [0.2, 0.25) is 5.91 Å². The summed E-state index contributed by atoms with van der Waals surface area (Å²) in [6, 6.07) is 0. The number of nitrogens with zero attached hydrogens (tertiary/aromatic N) is 1. The minimum atomic E-state index is 0.191. The first kappa shape index (κ1) is 22.0. The number of hydrogen-bond donors (Lipinski definition) is 1. The third-order valence-corrected chi connectivity index (χ3v) is 2.63. The average Bonchev–Trinajstić information content (AvgIpc) is 2.54. The van der Waals surface area contributed by atoms with Crippen molar-refractivity contribution < 1.29 is 9.53 Å². The third kappa shape index (κ3) is 13.5. The Kier molecular flexibility index (Phi) is 17.6. The molecule has 1 amide bonds. The summed E-state index contributed by atoms with van der Waals surface area (Å²) in [5.41, 5.74) is 0. The number of hydrogen-bond acceptors (Lipinski definition) is 3. The minimum absolute atomic E-state index is 0.191. The van der Waals surface area contributed by atoms with E-state index in [1.807, 2.05) is 18.7 Å². The first-order valence-corrected chi connectivity index (χ1v) is 7.74. The fourth-order valence-electron chi connectivity index (χ4n) is 1.45. The molecule has 122 valence electrons. The van der Waals surface area contributed by atoms with E-state index in [4.69, 9.17) is 16.3 Å². The molecule has 21 heavy (non-hydrogen) atoms. The summed E-state index contributed by atoms with van der Waals surface area (Å²) in [6.45, 7) is 12.8. The van der Waals surface area contributed by atoms with E-state index in [9.17, 15) is 4.79 Å². The first-order valence-electron chi connectivity index (χ1n) is 7.21. The van der Waals surface area contributed by atoms with Crippen LogP contribution >= 0.6 is 11.6 Å². The van der Waals surface area contributed by atoms with Gasteiger partial charge in [0.25, 0.3) is 0 Å². The maximum absolute atomic E-state index is 10.7. The van der Waals surface area contributed by atoms with Crippen LogP contribution in [0.5, 0.6) is 0 Å². The second-order valence-electron chi connectivity index (χ2n) is 3.82. The fourth-order valence-corrected chi connectivity index (χ4v) is 1.54. The van der Waals surface area contributed by atoms with E-state index >= 15 is 0 Å². The maximum atomic E-state index is 10.7. The Bertz CT molecular complexity index is 322. The molecule has 5 heteroatoms. The molecule has 1 fully saturated rings. The van der Waals surface area contributed by atoms with Crippen LogP contribution in [0, 0.1) is 0 Å². The van der Waals surface area contributed by atoms with Crippen molar-refractivity contribution in [2.75, 3.05) is 39.2 Å². The maximum Gasteiger partial charge on any atom is 0.219 e. The lowest BCUT2D eigenvalue weighted by molar-refractivity contribution is -0.129. The molecule has 0 atom stereocenters. The molecule has 1 heterocycles. The average molecular weight is 317 g/mol. The van der Waals surface area contributed by atoms with Gasteiger partial charge in [0.1, 0.15) is 5.76 Å². The van der Waals surface area contributed by atoms with Crippen molar-refractivity contribution in [1.29, 1.82) is 0 Å². The molecule has 0 aromatic carbocycles. The van der Waals surface area contributed by atoms with E-state index in [1.54, 1.807) is 38.3 Å². The van der Waals surface area contributed by atoms with Gasteiger partial charge >= 0.3 is 0 Å². The van der Waals surface area contributed by atoms with Crippen molar-refractivity contribution in [2.24, 2.45) is 0 Å². The molecule has 4 nitrogen and oxygen atoms in total. The van der Waals surface area contributed by atoms with Crippen LogP contribution in [0.25, 0.3) is 0 Å². The minimum Gasteiger partial charge on any atom is -0.497 e. The van der Waals surface area contributed by atoms with Crippen molar-refractivity contribution in [2.45, 2.75) is 20.8 Å². The topological polar surface area (TPSA) is 41.6 Å². The number of methoxy groups -OCH3 is 1. The van der Waals surface area contributed by atoms with Crippen LogP contribution in [0.4, 0.5) is 0 Å². The van der Waals surface area contributed by atoms with Gasteiger partial charge in [-0.25, -0.2) is 0 Å². The Morgan fingerprint density at radius 3 is 2.29 bits per heavy atom. The monoisotopic (exact) mass is 316 g/mol. The van der Waals surface area contributed by atoms with Gasteiger partial charge in [-0.2, -0.15) is 0 Å². The van der Waals surface area contributed by atoms with Crippen molar-refractivity contribution in [1.82, 2.24) is 10.2 Å². The Hall–Kier alpha value is -1.26. The van der Waals surface area contributed by atoms with E-state index in [2.05, 4.69) is 11.9 Å². The highest BCUT2D eigenvalue weighted by Crippen LogP contribution is 1.97. The van der Waals surface area contributed by atoms with Gasteiger partial charge in [-0.3, -0.25) is 4.79 Å². The molecular formula is C16H29ClN2O2. The van der Waals surface area contributed by atoms with E-state index in [0.717, 1.165) is 31.9 Å². The van der Waals surface area contributed by atoms with Gasteiger partial charge in [0.05, 0.1) is 7.11 Å². The van der Waals surface area contributed by atoms with Gasteiger partial charge in [-0.15, -0.1) is 11.6 Å². The highest BCUT2D eigenvalue weighted by Gasteiger charge is 2.10. The predicted molar refractivity (Wildman–Crippen MR) is 91.6 cm³/mol. The van der Waals surface area contributed by atoms with Crippen molar-refractivity contribution in [3.63, 3.8) is 0 Å². The number of amides is 1. The van der Waals surface area contributed by atoms with Gasteiger partial charge in [-0.1, -0.05) is 32.6 Å². The van der Waals surface area contributed by atoms with Crippen LogP contribution in [0.1, 0.15) is 20.8 Å². The zero-order valence-corrected chi connectivity index (χ0v) is 14.4. The summed E-state index contributed by atoms with van der Waals surface area (Å²) < 4.78 is 4.94. The molecule has 1 N–H and O–H groups in total. The standard InChI is InChI=1S/C8H11ClO.C6H12N2O.C2H6/c1-3-5-8(10-2)6-4-7-9;1-6(9)8-4-2-7-3-5-8;1-2/h3-6H,1,7H2,2H3;7H,2-5H2,1H3;1-2H3/b6-4-,8-5+;;. The summed E-state index contributed by atoms with van der Waals surface area (Å²) >= 11 is 5.41. The smallest absolute Gasteiger partial charge is 0.219 e. The Morgan fingerprint density at radius 2 is 1.95 bits per heavy atom. The second-order valence-corrected chi connectivity index (χ2v) is 4.13. The molecule has 0 aromatic rings. The number of piperazine rings is 1. The molecule has 0 saturated carbocycles. The summed E-state index contributed by atoms with van der Waals surface area (Å²) in [6.07, 6.45) is 7.04. The van der Waals surface area contributed by atoms with Crippen molar-refractivity contribution >= 4 is 17.5 Å². The lowest BCUT2D eigenvalue weighted by atomic mass is 10.4. The summed E-state index contributed by atoms with van der Waals surface area (Å²) in [5, 5.41) is 3.18. The molecular weight excluding hydrogens is 288 g/mol. The molecule has 1 aliphatic rings. The SMILES string of the molecule is C=C/C=C(\C=C/CCl)OC.CC.CC(=O)N1CCNCC1. The van der Waals surface area contributed by atoms with E-state index < -0.39 is 0 Å². The van der Waals surface area contributed by atoms with Crippen LogP contribution in [-0.4, -0.2) is 50.0 Å². The highest BCUT2D eigenvalue weighted by atomic mass is 35.5. The van der Waals surface area contributed by atoms with Crippen LogP contribution in [0.15, 0.2) is 36.6 Å². The molecule has 0 aromatic heterocycles. The summed E-state index contributed by atoms with van der Waals surface area (Å²) in [7, 11) is 1.61. The lowest BCUT2D eigenvalue weighted by Gasteiger charge is -2.25. The molecule has 0 spiro atoms. The second kappa shape index (κ2) is 16.8. The Morgan fingerprint density at radius 1 is 1.38 bits per heavy atom. The molecule has 0 radical (unpaired) electrons. The Balaban J connectivity index is 0. The van der Waals surface area contributed by atoms with Gasteiger partial charge < -0.3 is 15.0 Å². The lowest BCUT2D eigenvalue weighted by Crippen LogP contribution is -2.45. The fraction of sp³-hybridized carbons (Fsp3) is 0.562. The third-order valence-electron chi connectivity index (χ3n) is 2.45. The molecule has 0 bridgehead atoms. The zero-order chi connectivity index (χ0) is 16.5. The number of ether oxygens (including phenoxy) is 1. The van der Waals surface area contributed by atoms with Crippen molar-refractivity contribution in [3.8, 4) is 0 Å². The van der Waals surface area contributed by atoms with Gasteiger partial charge in [-0.05, 0) is 12.2 Å². The highest BCUT2D eigenvalue weighted by molar-refractivity contribution is 6.18. The summed E-state index contributed by atoms with van der Waals surface area (Å²) in [4.78, 5) is 12.6. The zero-order valence-electron chi connectivity index (χ0n) is 13.7. The Labute approximate surface area is 134 Å². The number of carbonyl (C=O) groups is 1. The van der Waals surface area contributed by atoms with E-state index in [0.29, 0.717) is 5.88 Å². The first-order chi connectivity index (χ1) is 10.2. The van der Waals surface area contributed by atoms with Crippen LogP contribution in [0.2, 0.25) is 0 Å². The van der Waals surface area contributed by atoms with E-state index in [1.165, 1.54) is 0 Å². The molecule has 1 rings (SSSR count). The molecule has 0 aliphatic carbocycles. The largest absolute Gasteiger partial charge is 0.497 e. The van der Waals surface area contributed by atoms with E-state index in [-0.39, 0.29) is 5.91 Å². The number of carbonyl (C=O) groups excluding carboxylic acids is 1. The number of allylic oxidation sites excluding steroid dienone is 4. The van der Waals surface area contributed by atoms with Crippen LogP contribution in [0.3, 0.4) is 0 Å². The molecule has 1 aliphatic heterocycles. The van der Waals surface area contributed by atoms with Crippen LogP contribution < -0.4 is 5.32 Å². The normalized spacial score (nSPS) is 14.5. The summed E-state index contributed by atoms with van der Waals surface area (Å²) in [5.74, 6) is 1.45. The van der Waals surface area contributed by atoms with Gasteiger partial charge in [0, 0.05) is 39.0 Å². The van der Waals surface area contributed by atoms with Crippen molar-refractivity contribution in [3.05, 3.63) is 36.6 Å². The number of halogens is 1. The number of rotatable bonds is 4.